The fourth-order valence-corrected chi connectivity index (χ4v) is 2.86. The number of ether oxygens (including phenoxy) is 1. The van der Waals surface area contributed by atoms with Crippen LogP contribution in [-0.4, -0.2) is 45.7 Å². The second kappa shape index (κ2) is 6.41. The molecule has 2 amide bonds. The van der Waals surface area contributed by atoms with Gasteiger partial charge in [0.25, 0.3) is 0 Å². The van der Waals surface area contributed by atoms with Gasteiger partial charge in [0.1, 0.15) is 11.9 Å². The lowest BCUT2D eigenvalue weighted by Crippen LogP contribution is -2.27. The molecule has 1 unspecified atom stereocenters. The van der Waals surface area contributed by atoms with E-state index >= 15 is 0 Å². The molecule has 1 aromatic carbocycles. The van der Waals surface area contributed by atoms with Crippen LogP contribution in [0.2, 0.25) is 0 Å². The zero-order valence-electron chi connectivity index (χ0n) is 11.8. The van der Waals surface area contributed by atoms with E-state index in [9.17, 15) is 21.9 Å². The number of hydrogen-bond acceptors (Lipinski definition) is 5. The monoisotopic (exact) mass is 330 g/mol. The highest BCUT2D eigenvalue weighted by Gasteiger charge is 2.39. The highest BCUT2D eigenvalue weighted by molar-refractivity contribution is 7.87. The minimum Gasteiger partial charge on any atom is -0.375 e. The number of carbonyl (C=O) groups excluding carboxylic acids is 2. The second-order valence-corrected chi connectivity index (χ2v) is 6.46. The van der Waals surface area contributed by atoms with Crippen LogP contribution in [0.5, 0.6) is 0 Å². The Bertz CT molecular complexity index is 691. The highest BCUT2D eigenvalue weighted by atomic mass is 32.3. The number of hydrogen-bond donors (Lipinski definition) is 1. The number of anilines is 2. The molecule has 0 radical (unpaired) electrons. The molecule has 1 heterocycles. The van der Waals surface area contributed by atoms with E-state index in [-0.39, 0.29) is 25.5 Å². The number of nitrogens with zero attached hydrogens (tertiary/aromatic N) is 1. The summed E-state index contributed by atoms with van der Waals surface area (Å²) < 4.78 is 39.6. The zero-order valence-corrected chi connectivity index (χ0v) is 12.6. The van der Waals surface area contributed by atoms with Gasteiger partial charge in [-0.25, -0.2) is 0 Å². The van der Waals surface area contributed by atoms with E-state index in [1.54, 1.807) is 18.2 Å². The van der Waals surface area contributed by atoms with Gasteiger partial charge in [-0.2, -0.15) is 8.42 Å². The molecule has 0 saturated carbocycles. The van der Waals surface area contributed by atoms with E-state index in [2.05, 4.69) is 10.1 Å². The smallest absolute Gasteiger partial charge is 0.307 e. The maximum absolute atomic E-state index is 13.0. The van der Waals surface area contributed by atoms with Crippen LogP contribution < -0.4 is 10.2 Å². The van der Waals surface area contributed by atoms with E-state index in [0.29, 0.717) is 11.4 Å². The molecule has 0 bridgehead atoms. The van der Waals surface area contributed by atoms with Crippen molar-refractivity contribution in [3.05, 3.63) is 24.3 Å². The Balaban J connectivity index is 2.16. The Hall–Kier alpha value is -2.00. The van der Waals surface area contributed by atoms with Crippen molar-refractivity contribution >= 4 is 33.4 Å². The van der Waals surface area contributed by atoms with Gasteiger partial charge in [0.15, 0.2) is 0 Å². The summed E-state index contributed by atoms with van der Waals surface area (Å²) in [6, 6.07) is 6.30. The van der Waals surface area contributed by atoms with Crippen LogP contribution in [0, 0.1) is 0 Å². The quantitative estimate of drug-likeness (QED) is 0.801. The summed E-state index contributed by atoms with van der Waals surface area (Å²) in [5.41, 5.74) is 0.824. The Labute approximate surface area is 127 Å². The largest absolute Gasteiger partial charge is 0.375 e. The van der Waals surface area contributed by atoms with Crippen LogP contribution in [0.4, 0.5) is 15.3 Å². The van der Waals surface area contributed by atoms with E-state index in [1.165, 1.54) is 18.1 Å². The molecular weight excluding hydrogens is 315 g/mol. The first-order chi connectivity index (χ1) is 10.3. The average molecular weight is 330 g/mol. The summed E-state index contributed by atoms with van der Waals surface area (Å²) in [5.74, 6) is -0.844. The van der Waals surface area contributed by atoms with Crippen molar-refractivity contribution in [2.24, 2.45) is 0 Å². The van der Waals surface area contributed by atoms with Crippen LogP contribution in [0.15, 0.2) is 24.3 Å². The molecule has 2 rings (SSSR count). The van der Waals surface area contributed by atoms with Gasteiger partial charge in [-0.15, -0.1) is 3.89 Å². The van der Waals surface area contributed by atoms with Gasteiger partial charge in [-0.1, -0.05) is 6.07 Å². The number of carbonyl (C=O) groups is 2. The van der Waals surface area contributed by atoms with E-state index in [1.807, 2.05) is 0 Å². The predicted octanol–water partition coefficient (Wildman–Crippen LogP) is 0.676. The number of methoxy groups -OCH3 is 1. The molecule has 22 heavy (non-hydrogen) atoms. The minimum absolute atomic E-state index is 0.116. The summed E-state index contributed by atoms with van der Waals surface area (Å²) in [6.07, 6.45) is -0.390. The van der Waals surface area contributed by atoms with Crippen molar-refractivity contribution in [1.29, 1.82) is 0 Å². The minimum atomic E-state index is -4.76. The van der Waals surface area contributed by atoms with Crippen LogP contribution in [0.1, 0.15) is 6.42 Å². The van der Waals surface area contributed by atoms with E-state index < -0.39 is 21.4 Å². The first kappa shape index (κ1) is 16.4. The summed E-state index contributed by atoms with van der Waals surface area (Å²) in [4.78, 5) is 24.5. The first-order valence-electron chi connectivity index (χ1n) is 6.44. The van der Waals surface area contributed by atoms with Crippen LogP contribution >= 0.6 is 0 Å². The molecule has 0 spiro atoms. The lowest BCUT2D eigenvalue weighted by molar-refractivity contribution is -0.119. The third kappa shape index (κ3) is 3.80. The van der Waals surface area contributed by atoms with Crippen molar-refractivity contribution in [3.63, 3.8) is 0 Å². The summed E-state index contributed by atoms with van der Waals surface area (Å²) >= 11 is 0. The third-order valence-electron chi connectivity index (χ3n) is 3.20. The number of nitrogens with one attached hydrogen (secondary N) is 1. The maximum atomic E-state index is 13.0. The van der Waals surface area contributed by atoms with Crippen LogP contribution in [-0.2, 0) is 24.5 Å². The Morgan fingerprint density at radius 1 is 1.50 bits per heavy atom. The molecule has 0 aromatic heterocycles. The Morgan fingerprint density at radius 2 is 2.23 bits per heavy atom. The van der Waals surface area contributed by atoms with Gasteiger partial charge in [-0.3, -0.25) is 9.59 Å². The molecule has 7 nitrogen and oxygen atoms in total. The molecule has 1 aliphatic heterocycles. The maximum Gasteiger partial charge on any atom is 0.307 e. The fraction of sp³-hybridized carbons (Fsp3) is 0.385. The van der Waals surface area contributed by atoms with Crippen molar-refractivity contribution in [2.75, 3.05) is 30.5 Å². The van der Waals surface area contributed by atoms with Crippen LogP contribution in [0.3, 0.4) is 0 Å². The van der Waals surface area contributed by atoms with Crippen molar-refractivity contribution in [2.45, 2.75) is 11.7 Å². The van der Waals surface area contributed by atoms with Crippen molar-refractivity contribution in [3.8, 4) is 0 Å². The first-order valence-corrected chi connectivity index (χ1v) is 7.88. The molecule has 1 atom stereocenters. The predicted molar refractivity (Wildman–Crippen MR) is 77.7 cm³/mol. The topological polar surface area (TPSA) is 92.8 Å². The molecule has 1 fully saturated rings. The van der Waals surface area contributed by atoms with Crippen molar-refractivity contribution < 1.29 is 26.6 Å². The van der Waals surface area contributed by atoms with Gasteiger partial charge >= 0.3 is 10.2 Å². The standard InChI is InChI=1S/C13H15FN2O5S/c1-21-8-12(17)15-9-3-2-4-10(5-9)16-7-11(6-13(16)18)22(14,19)20/h2-5,11H,6-8H2,1H3,(H,15,17). The number of amides is 2. The summed E-state index contributed by atoms with van der Waals surface area (Å²) in [6.45, 7) is -0.359. The third-order valence-corrected chi connectivity index (χ3v) is 4.32. The Morgan fingerprint density at radius 3 is 2.82 bits per heavy atom. The number of benzene rings is 1. The van der Waals surface area contributed by atoms with E-state index in [0.717, 1.165) is 0 Å². The zero-order chi connectivity index (χ0) is 16.3. The normalized spacial score (nSPS) is 18.5. The molecular formula is C13H15FN2O5S. The summed E-state index contributed by atoms with van der Waals surface area (Å²) in [7, 11) is -3.38. The second-order valence-electron chi connectivity index (χ2n) is 4.84. The molecule has 120 valence electrons. The van der Waals surface area contributed by atoms with Crippen molar-refractivity contribution in [1.82, 2.24) is 0 Å². The van der Waals surface area contributed by atoms with Gasteiger partial charge in [0.05, 0.1) is 0 Å². The SMILES string of the molecule is COCC(=O)Nc1cccc(N2CC(S(=O)(=O)F)CC2=O)c1. The molecule has 0 aliphatic carbocycles. The fourth-order valence-electron chi connectivity index (χ4n) is 2.19. The van der Waals surface area contributed by atoms with Gasteiger partial charge in [-0.05, 0) is 18.2 Å². The molecule has 1 aliphatic rings. The van der Waals surface area contributed by atoms with E-state index in [4.69, 9.17) is 0 Å². The van der Waals surface area contributed by atoms with Crippen LogP contribution in [0.25, 0.3) is 0 Å². The van der Waals surface area contributed by atoms with Gasteiger partial charge in [0.2, 0.25) is 11.8 Å². The lowest BCUT2D eigenvalue weighted by atomic mass is 10.2. The van der Waals surface area contributed by atoms with Gasteiger partial charge in [0, 0.05) is 31.5 Å². The highest BCUT2D eigenvalue weighted by Crippen LogP contribution is 2.27. The average Bonchev–Trinajstić information content (AvgIpc) is 2.81. The molecule has 1 aromatic rings. The number of rotatable bonds is 5. The molecule has 1 saturated heterocycles. The van der Waals surface area contributed by atoms with Gasteiger partial charge < -0.3 is 15.0 Å². The number of halogens is 1. The molecule has 9 heteroatoms. The Kier molecular flexibility index (Phi) is 4.77. The summed E-state index contributed by atoms with van der Waals surface area (Å²) in [5, 5.41) is 1.21. The molecule has 1 N–H and O–H groups in total. The lowest BCUT2D eigenvalue weighted by Gasteiger charge is -2.17.